The Morgan fingerprint density at radius 2 is 2.00 bits per heavy atom. The lowest BCUT2D eigenvalue weighted by atomic mass is 10.1. The molecule has 0 aromatic rings. The second-order valence-corrected chi connectivity index (χ2v) is 4.96. The molecule has 13 heavy (non-hydrogen) atoms. The SMILES string of the molecule is CC1(C)OCO/C1=C/C[N+](C)(C)C. The van der Waals surface area contributed by atoms with E-state index in [4.69, 9.17) is 9.47 Å². The highest BCUT2D eigenvalue weighted by Crippen LogP contribution is 2.27. The number of rotatable bonds is 2. The van der Waals surface area contributed by atoms with E-state index in [1.165, 1.54) is 0 Å². The molecule has 1 saturated heterocycles. The lowest BCUT2D eigenvalue weighted by Crippen LogP contribution is -2.35. The van der Waals surface area contributed by atoms with Gasteiger partial charge in [0.25, 0.3) is 0 Å². The molecular weight excluding hydrogens is 166 g/mol. The average Bonchev–Trinajstić information content (AvgIpc) is 2.23. The van der Waals surface area contributed by atoms with Crippen LogP contribution < -0.4 is 0 Å². The zero-order chi connectivity index (χ0) is 10.1. The molecule has 0 N–H and O–H groups in total. The molecule has 3 nitrogen and oxygen atoms in total. The van der Waals surface area contributed by atoms with Crippen molar-refractivity contribution in [1.29, 1.82) is 0 Å². The van der Waals surface area contributed by atoms with Crippen molar-refractivity contribution in [3.8, 4) is 0 Å². The van der Waals surface area contributed by atoms with E-state index in [1.807, 2.05) is 13.8 Å². The van der Waals surface area contributed by atoms with Crippen molar-refractivity contribution in [2.45, 2.75) is 19.4 Å². The van der Waals surface area contributed by atoms with Gasteiger partial charge in [-0.3, -0.25) is 0 Å². The van der Waals surface area contributed by atoms with Crippen molar-refractivity contribution in [2.24, 2.45) is 0 Å². The first kappa shape index (κ1) is 10.5. The van der Waals surface area contributed by atoms with Crippen LogP contribution >= 0.6 is 0 Å². The van der Waals surface area contributed by atoms with Crippen LogP contribution in [0.1, 0.15) is 13.8 Å². The molecular formula is C10H20NO2+. The summed E-state index contributed by atoms with van der Waals surface area (Å²) in [6, 6.07) is 0. The summed E-state index contributed by atoms with van der Waals surface area (Å²) < 4.78 is 11.7. The third kappa shape index (κ3) is 3.01. The van der Waals surface area contributed by atoms with Gasteiger partial charge in [0.15, 0.2) is 6.79 Å². The standard InChI is InChI=1S/C10H20NO2/c1-10(2)9(12-8-13-10)6-7-11(3,4)5/h6H,7-8H2,1-5H3/q+1/b9-6+. The molecule has 0 aromatic heterocycles. The highest BCUT2D eigenvalue weighted by molar-refractivity contribution is 5.09. The Bertz CT molecular complexity index is 213. The number of hydrogen-bond acceptors (Lipinski definition) is 2. The molecule has 0 unspecified atom stereocenters. The summed E-state index contributed by atoms with van der Waals surface area (Å²) >= 11 is 0. The minimum atomic E-state index is -0.241. The molecule has 1 rings (SSSR count). The van der Waals surface area contributed by atoms with Crippen molar-refractivity contribution < 1.29 is 14.0 Å². The minimum absolute atomic E-state index is 0.241. The van der Waals surface area contributed by atoms with Crippen LogP contribution in [0.3, 0.4) is 0 Å². The Morgan fingerprint density at radius 3 is 2.38 bits per heavy atom. The number of likely N-dealkylation sites (N-methyl/N-ethyl adjacent to an activating group) is 1. The third-order valence-electron chi connectivity index (χ3n) is 2.05. The Labute approximate surface area is 80.5 Å². The average molecular weight is 186 g/mol. The van der Waals surface area contributed by atoms with E-state index in [0.717, 1.165) is 16.8 Å². The Morgan fingerprint density at radius 1 is 1.38 bits per heavy atom. The van der Waals surface area contributed by atoms with Crippen molar-refractivity contribution in [3.63, 3.8) is 0 Å². The molecule has 0 amide bonds. The van der Waals surface area contributed by atoms with Gasteiger partial charge in [-0.1, -0.05) is 0 Å². The fourth-order valence-electron chi connectivity index (χ4n) is 1.15. The van der Waals surface area contributed by atoms with Crippen LogP contribution in [0.5, 0.6) is 0 Å². The van der Waals surface area contributed by atoms with Gasteiger partial charge in [0, 0.05) is 6.08 Å². The predicted molar refractivity (Wildman–Crippen MR) is 52.1 cm³/mol. The van der Waals surface area contributed by atoms with Crippen LogP contribution in [-0.4, -0.2) is 44.6 Å². The van der Waals surface area contributed by atoms with Crippen LogP contribution in [0.15, 0.2) is 11.8 Å². The summed E-state index contributed by atoms with van der Waals surface area (Å²) in [6.45, 7) is 5.40. The molecule has 0 radical (unpaired) electrons. The number of ether oxygens (including phenoxy) is 2. The van der Waals surface area contributed by atoms with E-state index >= 15 is 0 Å². The molecule has 1 aliphatic rings. The molecule has 1 aliphatic heterocycles. The largest absolute Gasteiger partial charge is 0.469 e. The fourth-order valence-corrected chi connectivity index (χ4v) is 1.15. The van der Waals surface area contributed by atoms with Gasteiger partial charge in [-0.2, -0.15) is 0 Å². The second-order valence-electron chi connectivity index (χ2n) is 4.96. The van der Waals surface area contributed by atoms with Gasteiger partial charge in [0.05, 0.1) is 21.1 Å². The Hall–Kier alpha value is -0.540. The van der Waals surface area contributed by atoms with Crippen LogP contribution in [0, 0.1) is 0 Å². The van der Waals surface area contributed by atoms with E-state index in [9.17, 15) is 0 Å². The maximum absolute atomic E-state index is 5.42. The summed E-state index contributed by atoms with van der Waals surface area (Å²) in [5.74, 6) is 0.959. The van der Waals surface area contributed by atoms with Gasteiger partial charge in [-0.05, 0) is 13.8 Å². The molecule has 0 aromatic carbocycles. The molecule has 1 fully saturated rings. The third-order valence-corrected chi connectivity index (χ3v) is 2.05. The van der Waals surface area contributed by atoms with Crippen LogP contribution in [0.25, 0.3) is 0 Å². The molecule has 1 heterocycles. The van der Waals surface area contributed by atoms with E-state index in [1.54, 1.807) is 0 Å². The smallest absolute Gasteiger partial charge is 0.189 e. The summed E-state index contributed by atoms with van der Waals surface area (Å²) in [5.41, 5.74) is -0.241. The molecule has 0 saturated carbocycles. The van der Waals surface area contributed by atoms with Crippen LogP contribution in [0.4, 0.5) is 0 Å². The minimum Gasteiger partial charge on any atom is -0.469 e. The second kappa shape index (κ2) is 3.31. The van der Waals surface area contributed by atoms with E-state index in [2.05, 4.69) is 27.2 Å². The highest BCUT2D eigenvalue weighted by atomic mass is 16.7. The monoisotopic (exact) mass is 186 g/mol. The highest BCUT2D eigenvalue weighted by Gasteiger charge is 2.32. The zero-order valence-corrected chi connectivity index (χ0v) is 9.26. The van der Waals surface area contributed by atoms with Gasteiger partial charge in [0.2, 0.25) is 0 Å². The van der Waals surface area contributed by atoms with Gasteiger partial charge in [-0.15, -0.1) is 0 Å². The first-order valence-electron chi connectivity index (χ1n) is 4.59. The molecule has 0 spiro atoms. The van der Waals surface area contributed by atoms with E-state index in [-0.39, 0.29) is 5.60 Å². The normalized spacial score (nSPS) is 24.8. The Kier molecular flexibility index (Phi) is 2.68. The number of quaternary nitrogens is 1. The lowest BCUT2D eigenvalue weighted by Gasteiger charge is -2.23. The molecule has 76 valence electrons. The van der Waals surface area contributed by atoms with Crippen molar-refractivity contribution in [3.05, 3.63) is 11.8 Å². The van der Waals surface area contributed by atoms with Crippen molar-refractivity contribution in [2.75, 3.05) is 34.5 Å². The number of nitrogens with zero attached hydrogens (tertiary/aromatic N) is 1. The van der Waals surface area contributed by atoms with Gasteiger partial charge in [0.1, 0.15) is 17.9 Å². The summed E-state index contributed by atoms with van der Waals surface area (Å²) in [7, 11) is 6.46. The lowest BCUT2D eigenvalue weighted by molar-refractivity contribution is -0.864. The molecule has 0 atom stereocenters. The summed E-state index contributed by atoms with van der Waals surface area (Å²) in [4.78, 5) is 0. The van der Waals surface area contributed by atoms with E-state index in [0.29, 0.717) is 6.79 Å². The Balaban J connectivity index is 2.61. The first-order valence-corrected chi connectivity index (χ1v) is 4.59. The predicted octanol–water partition coefficient (Wildman–Crippen LogP) is 1.36. The van der Waals surface area contributed by atoms with Crippen LogP contribution in [-0.2, 0) is 9.47 Å². The summed E-state index contributed by atoms with van der Waals surface area (Å²) in [6.07, 6.45) is 2.12. The van der Waals surface area contributed by atoms with Gasteiger partial charge in [-0.25, -0.2) is 0 Å². The van der Waals surface area contributed by atoms with E-state index < -0.39 is 0 Å². The van der Waals surface area contributed by atoms with Gasteiger partial charge < -0.3 is 14.0 Å². The van der Waals surface area contributed by atoms with Crippen LogP contribution in [0.2, 0.25) is 0 Å². The summed E-state index contributed by atoms with van der Waals surface area (Å²) in [5, 5.41) is 0. The van der Waals surface area contributed by atoms with Crippen molar-refractivity contribution >= 4 is 0 Å². The molecule has 3 heteroatoms. The topological polar surface area (TPSA) is 18.5 Å². The quantitative estimate of drug-likeness (QED) is 0.606. The first-order chi connectivity index (χ1) is 5.81. The fraction of sp³-hybridized carbons (Fsp3) is 0.800. The maximum atomic E-state index is 5.42. The number of hydrogen-bond donors (Lipinski definition) is 0. The maximum Gasteiger partial charge on any atom is 0.189 e. The van der Waals surface area contributed by atoms with Crippen molar-refractivity contribution in [1.82, 2.24) is 0 Å². The zero-order valence-electron chi connectivity index (χ0n) is 9.26. The molecule has 0 bridgehead atoms. The van der Waals surface area contributed by atoms with Gasteiger partial charge >= 0.3 is 0 Å². The molecule has 0 aliphatic carbocycles.